The normalized spacial score (nSPS) is 22.0. The van der Waals surface area contributed by atoms with E-state index in [0.717, 1.165) is 39.8 Å². The Hall–Kier alpha value is -3.00. The highest BCUT2D eigenvalue weighted by atomic mass is 16.5. The van der Waals surface area contributed by atoms with Crippen molar-refractivity contribution in [2.45, 2.75) is 63.9 Å². The molecule has 36 heavy (non-hydrogen) atoms. The number of benzene rings is 2. The third-order valence-corrected chi connectivity index (χ3v) is 7.36. The van der Waals surface area contributed by atoms with Crippen LogP contribution in [0.2, 0.25) is 0 Å². The van der Waals surface area contributed by atoms with E-state index >= 15 is 0 Å². The largest absolute Gasteiger partial charge is 0.488 e. The molecular formula is C29H34N2O5. The van der Waals surface area contributed by atoms with E-state index < -0.39 is 18.0 Å². The molecule has 0 spiro atoms. The molecule has 1 saturated carbocycles. The van der Waals surface area contributed by atoms with E-state index in [1.807, 2.05) is 38.1 Å². The summed E-state index contributed by atoms with van der Waals surface area (Å²) in [5, 5.41) is 24.7. The SMILES string of the molecule is Cc1ccc([C@@H](C)OC[C@H](O)CNC(C)(C)Cc2ccc3ncccc3c2)c2c1O[C@@H]1[C@@H](C(=O)O)[C@H]21. The number of carboxylic acids is 1. The van der Waals surface area contributed by atoms with Gasteiger partial charge >= 0.3 is 5.97 Å². The molecule has 0 radical (unpaired) electrons. The molecule has 3 N–H and O–H groups in total. The topological polar surface area (TPSA) is 101 Å². The van der Waals surface area contributed by atoms with Gasteiger partial charge in [0.1, 0.15) is 17.8 Å². The molecule has 1 fully saturated rings. The molecule has 3 aromatic rings. The summed E-state index contributed by atoms with van der Waals surface area (Å²) in [4.78, 5) is 15.9. The lowest BCUT2D eigenvalue weighted by Crippen LogP contribution is -2.46. The lowest BCUT2D eigenvalue weighted by molar-refractivity contribution is -0.139. The molecule has 5 atom stereocenters. The number of hydrogen-bond acceptors (Lipinski definition) is 6. The van der Waals surface area contributed by atoms with Crippen LogP contribution in [0.5, 0.6) is 5.75 Å². The fourth-order valence-corrected chi connectivity index (χ4v) is 5.39. The van der Waals surface area contributed by atoms with Gasteiger partial charge in [0.25, 0.3) is 0 Å². The number of nitrogens with zero attached hydrogens (tertiary/aromatic N) is 1. The van der Waals surface area contributed by atoms with Gasteiger partial charge in [-0.3, -0.25) is 9.78 Å². The summed E-state index contributed by atoms with van der Waals surface area (Å²) >= 11 is 0. The number of aryl methyl sites for hydroxylation is 1. The van der Waals surface area contributed by atoms with E-state index in [2.05, 4.69) is 42.3 Å². The van der Waals surface area contributed by atoms with E-state index in [4.69, 9.17) is 9.47 Å². The van der Waals surface area contributed by atoms with Crippen molar-refractivity contribution in [3.05, 3.63) is 70.9 Å². The van der Waals surface area contributed by atoms with Crippen molar-refractivity contribution in [3.8, 4) is 5.75 Å². The Bertz CT molecular complexity index is 1290. The summed E-state index contributed by atoms with van der Waals surface area (Å²) in [6, 6.07) is 14.3. The zero-order valence-corrected chi connectivity index (χ0v) is 21.2. The Morgan fingerprint density at radius 3 is 2.83 bits per heavy atom. The van der Waals surface area contributed by atoms with E-state index in [9.17, 15) is 15.0 Å². The summed E-state index contributed by atoms with van der Waals surface area (Å²) in [5.41, 5.74) is 4.88. The molecule has 7 heteroatoms. The zero-order valence-electron chi connectivity index (χ0n) is 21.2. The molecule has 0 unspecified atom stereocenters. The fraction of sp³-hybridized carbons (Fsp3) is 0.448. The van der Waals surface area contributed by atoms with Crippen LogP contribution in [-0.4, -0.2) is 52.1 Å². The minimum Gasteiger partial charge on any atom is -0.488 e. The first kappa shape index (κ1) is 24.7. The smallest absolute Gasteiger partial charge is 0.311 e. The Morgan fingerprint density at radius 1 is 1.25 bits per heavy atom. The van der Waals surface area contributed by atoms with Crippen LogP contribution in [0.4, 0.5) is 0 Å². The highest BCUT2D eigenvalue weighted by Crippen LogP contribution is 2.61. The lowest BCUT2D eigenvalue weighted by Gasteiger charge is -2.28. The van der Waals surface area contributed by atoms with Gasteiger partial charge < -0.3 is 25.0 Å². The molecule has 1 aliphatic heterocycles. The highest BCUT2D eigenvalue weighted by Gasteiger charge is 2.64. The third-order valence-electron chi connectivity index (χ3n) is 7.36. The van der Waals surface area contributed by atoms with Gasteiger partial charge in [-0.15, -0.1) is 0 Å². The molecule has 0 amide bonds. The lowest BCUT2D eigenvalue weighted by atomic mass is 9.94. The van der Waals surface area contributed by atoms with Crippen LogP contribution in [0.1, 0.15) is 55.0 Å². The van der Waals surface area contributed by atoms with E-state index in [1.165, 1.54) is 5.56 Å². The van der Waals surface area contributed by atoms with Crippen LogP contribution < -0.4 is 10.1 Å². The highest BCUT2D eigenvalue weighted by molar-refractivity contribution is 5.80. The summed E-state index contributed by atoms with van der Waals surface area (Å²) in [7, 11) is 0. The van der Waals surface area contributed by atoms with Gasteiger partial charge in [0.05, 0.1) is 24.3 Å². The molecule has 2 aliphatic rings. The quantitative estimate of drug-likeness (QED) is 0.392. The minimum absolute atomic E-state index is 0.114. The molecule has 5 rings (SSSR count). The second kappa shape index (κ2) is 9.47. The Labute approximate surface area is 211 Å². The number of pyridine rings is 1. The third kappa shape index (κ3) is 4.83. The van der Waals surface area contributed by atoms with E-state index in [-0.39, 0.29) is 30.3 Å². The maximum Gasteiger partial charge on any atom is 0.311 e. The predicted octanol–water partition coefficient (Wildman–Crippen LogP) is 4.15. The van der Waals surface area contributed by atoms with Crippen LogP contribution in [0.25, 0.3) is 10.9 Å². The first-order chi connectivity index (χ1) is 17.1. The number of aliphatic carboxylic acids is 1. The van der Waals surface area contributed by atoms with Crippen LogP contribution in [0.15, 0.2) is 48.7 Å². The number of aromatic nitrogens is 1. The molecule has 0 bridgehead atoms. The number of carbonyl (C=O) groups is 1. The van der Waals surface area contributed by atoms with Gasteiger partial charge in [-0.1, -0.05) is 24.3 Å². The van der Waals surface area contributed by atoms with Gasteiger partial charge in [0.2, 0.25) is 0 Å². The van der Waals surface area contributed by atoms with Gasteiger partial charge in [-0.25, -0.2) is 0 Å². The monoisotopic (exact) mass is 490 g/mol. The first-order valence-corrected chi connectivity index (χ1v) is 12.6. The van der Waals surface area contributed by atoms with Crippen molar-refractivity contribution >= 4 is 16.9 Å². The Morgan fingerprint density at radius 2 is 2.06 bits per heavy atom. The molecule has 1 aliphatic carbocycles. The van der Waals surface area contributed by atoms with Gasteiger partial charge in [-0.2, -0.15) is 0 Å². The van der Waals surface area contributed by atoms with E-state index in [0.29, 0.717) is 6.54 Å². The standard InChI is InChI=1S/C29H34N2O5/c1-16-7-9-21(23-24-25(28(33)34)27(24)36-26(16)23)17(2)35-15-20(32)14-31-29(3,4)13-18-8-10-22-19(12-18)6-5-11-30-22/h5-12,17,20,24-25,27,31-32H,13-15H2,1-4H3,(H,33,34)/t17-,20-,24+,25+,27+/m1/s1. The Kier molecular flexibility index (Phi) is 6.49. The van der Waals surface area contributed by atoms with Gasteiger partial charge in [0.15, 0.2) is 0 Å². The number of ether oxygens (including phenoxy) is 2. The van der Waals surface area contributed by atoms with Crippen LogP contribution in [0.3, 0.4) is 0 Å². The molecular weight excluding hydrogens is 456 g/mol. The van der Waals surface area contributed by atoms with Crippen molar-refractivity contribution in [3.63, 3.8) is 0 Å². The number of nitrogens with one attached hydrogen (secondary N) is 1. The average molecular weight is 491 g/mol. The number of carboxylic acid groups (broad SMARTS) is 1. The summed E-state index contributed by atoms with van der Waals surface area (Å²) in [6.45, 7) is 8.73. The van der Waals surface area contributed by atoms with Gasteiger partial charge in [0, 0.05) is 35.1 Å². The molecule has 2 aromatic carbocycles. The zero-order chi connectivity index (χ0) is 25.6. The molecule has 190 valence electrons. The number of β-amino-alcohol motifs (C(OH)–C–C–N with tert-alkyl or cyclic N) is 1. The van der Waals surface area contributed by atoms with Crippen molar-refractivity contribution in [1.29, 1.82) is 0 Å². The second-order valence-corrected chi connectivity index (χ2v) is 10.8. The number of aliphatic hydroxyl groups is 1. The predicted molar refractivity (Wildman–Crippen MR) is 137 cm³/mol. The molecule has 1 aromatic heterocycles. The number of hydrogen-bond donors (Lipinski definition) is 3. The fourth-order valence-electron chi connectivity index (χ4n) is 5.39. The summed E-state index contributed by atoms with van der Waals surface area (Å²) in [5.74, 6) is -0.622. The number of aliphatic hydroxyl groups excluding tert-OH is 1. The Balaban J connectivity index is 1.16. The number of fused-ring (bicyclic) bond motifs is 4. The van der Waals surface area contributed by atoms with Crippen LogP contribution >= 0.6 is 0 Å². The van der Waals surface area contributed by atoms with Crippen molar-refractivity contribution in [1.82, 2.24) is 10.3 Å². The molecule has 2 heterocycles. The second-order valence-electron chi connectivity index (χ2n) is 10.8. The summed E-state index contributed by atoms with van der Waals surface area (Å²) in [6.07, 6.45) is 1.37. The van der Waals surface area contributed by atoms with Gasteiger partial charge in [-0.05, 0) is 69.0 Å². The molecule has 0 saturated heterocycles. The van der Waals surface area contributed by atoms with Crippen molar-refractivity contribution in [2.75, 3.05) is 13.2 Å². The average Bonchev–Trinajstić information content (AvgIpc) is 3.43. The maximum absolute atomic E-state index is 11.5. The molecule has 7 nitrogen and oxygen atoms in total. The summed E-state index contributed by atoms with van der Waals surface area (Å²) < 4.78 is 12.0. The maximum atomic E-state index is 11.5. The minimum atomic E-state index is -0.818. The van der Waals surface area contributed by atoms with Crippen LogP contribution in [-0.2, 0) is 16.0 Å². The van der Waals surface area contributed by atoms with E-state index in [1.54, 1.807) is 6.20 Å². The van der Waals surface area contributed by atoms with Crippen molar-refractivity contribution < 1.29 is 24.5 Å². The van der Waals surface area contributed by atoms with Crippen molar-refractivity contribution in [2.24, 2.45) is 5.92 Å². The number of rotatable bonds is 10. The van der Waals surface area contributed by atoms with Crippen LogP contribution in [0, 0.1) is 12.8 Å². The first-order valence-electron chi connectivity index (χ1n) is 12.6.